The van der Waals surface area contributed by atoms with Gasteiger partial charge in [0.15, 0.2) is 0 Å². The summed E-state index contributed by atoms with van der Waals surface area (Å²) in [4.78, 5) is 0. The molecule has 1 aliphatic carbocycles. The molecule has 75 valence electrons. The van der Waals surface area contributed by atoms with Gasteiger partial charge >= 0.3 is 0 Å². The SMILES string of the molecule is Clc1ccc[c]c1OC1CCCCC1. The zero-order valence-electron chi connectivity index (χ0n) is 8.13. The molecule has 0 N–H and O–H groups in total. The third-order valence-electron chi connectivity index (χ3n) is 2.61. The lowest BCUT2D eigenvalue weighted by Crippen LogP contribution is -2.19. The van der Waals surface area contributed by atoms with Gasteiger partial charge in [0.1, 0.15) is 5.75 Å². The smallest absolute Gasteiger partial charge is 0.146 e. The van der Waals surface area contributed by atoms with E-state index in [1.807, 2.05) is 18.2 Å². The Morgan fingerprint density at radius 3 is 2.79 bits per heavy atom. The maximum absolute atomic E-state index is 5.99. The van der Waals surface area contributed by atoms with E-state index in [9.17, 15) is 0 Å². The quantitative estimate of drug-likeness (QED) is 0.719. The van der Waals surface area contributed by atoms with Gasteiger partial charge in [-0.1, -0.05) is 30.2 Å². The minimum Gasteiger partial charge on any atom is -0.488 e. The first kappa shape index (κ1) is 9.85. The summed E-state index contributed by atoms with van der Waals surface area (Å²) >= 11 is 5.99. The summed E-state index contributed by atoms with van der Waals surface area (Å²) in [5.41, 5.74) is 0. The summed E-state index contributed by atoms with van der Waals surface area (Å²) in [6.45, 7) is 0. The standard InChI is InChI=1S/C12H14ClO/c13-11-8-4-5-9-12(11)14-10-6-2-1-3-7-10/h4-5,8,10H,1-3,6-7H2. The van der Waals surface area contributed by atoms with Gasteiger partial charge in [0.05, 0.1) is 11.1 Å². The molecule has 1 fully saturated rings. The number of benzene rings is 1. The fourth-order valence-corrected chi connectivity index (χ4v) is 2.01. The van der Waals surface area contributed by atoms with Gasteiger partial charge in [-0.2, -0.15) is 0 Å². The molecule has 0 spiro atoms. The highest BCUT2D eigenvalue weighted by Gasteiger charge is 2.15. The second-order valence-electron chi connectivity index (χ2n) is 3.73. The zero-order chi connectivity index (χ0) is 9.80. The van der Waals surface area contributed by atoms with Gasteiger partial charge in [-0.05, 0) is 31.7 Å². The van der Waals surface area contributed by atoms with E-state index in [2.05, 4.69) is 6.07 Å². The topological polar surface area (TPSA) is 9.23 Å². The fourth-order valence-electron chi connectivity index (χ4n) is 1.84. The van der Waals surface area contributed by atoms with Crippen molar-refractivity contribution in [2.24, 2.45) is 0 Å². The van der Waals surface area contributed by atoms with Crippen LogP contribution in [0.4, 0.5) is 0 Å². The molecule has 0 unspecified atom stereocenters. The van der Waals surface area contributed by atoms with Crippen molar-refractivity contribution in [3.63, 3.8) is 0 Å². The number of halogens is 1. The Labute approximate surface area is 90.0 Å². The van der Waals surface area contributed by atoms with Gasteiger partial charge in [-0.15, -0.1) is 0 Å². The highest BCUT2D eigenvalue weighted by molar-refractivity contribution is 6.32. The molecule has 0 aromatic heterocycles. The van der Waals surface area contributed by atoms with E-state index in [0.717, 1.165) is 12.8 Å². The molecular formula is C12H14ClO. The van der Waals surface area contributed by atoms with Crippen molar-refractivity contribution in [3.8, 4) is 5.75 Å². The molecule has 0 heterocycles. The van der Waals surface area contributed by atoms with Crippen LogP contribution in [0.2, 0.25) is 5.02 Å². The third kappa shape index (κ3) is 2.42. The van der Waals surface area contributed by atoms with Crippen molar-refractivity contribution < 1.29 is 4.74 Å². The first-order valence-corrected chi connectivity index (χ1v) is 5.57. The number of rotatable bonds is 2. The van der Waals surface area contributed by atoms with Crippen molar-refractivity contribution in [2.75, 3.05) is 0 Å². The van der Waals surface area contributed by atoms with E-state index in [4.69, 9.17) is 16.3 Å². The Hall–Kier alpha value is -0.690. The average molecular weight is 210 g/mol. The van der Waals surface area contributed by atoms with Crippen LogP contribution >= 0.6 is 11.6 Å². The molecule has 1 aliphatic rings. The van der Waals surface area contributed by atoms with Gasteiger partial charge < -0.3 is 4.74 Å². The van der Waals surface area contributed by atoms with Crippen LogP contribution in [0.15, 0.2) is 18.2 Å². The highest BCUT2D eigenvalue weighted by atomic mass is 35.5. The fraction of sp³-hybridized carbons (Fsp3) is 0.500. The van der Waals surface area contributed by atoms with Crippen LogP contribution in [0.3, 0.4) is 0 Å². The number of ether oxygens (including phenoxy) is 1. The maximum atomic E-state index is 5.99. The molecule has 0 amide bonds. The van der Waals surface area contributed by atoms with Crippen LogP contribution in [-0.2, 0) is 0 Å². The van der Waals surface area contributed by atoms with Crippen molar-refractivity contribution in [3.05, 3.63) is 29.3 Å². The summed E-state index contributed by atoms with van der Waals surface area (Å²) in [7, 11) is 0. The van der Waals surface area contributed by atoms with E-state index in [1.54, 1.807) is 0 Å². The molecule has 1 aromatic carbocycles. The van der Waals surface area contributed by atoms with Gasteiger partial charge in [-0.3, -0.25) is 0 Å². The second kappa shape index (κ2) is 4.70. The lowest BCUT2D eigenvalue weighted by molar-refractivity contribution is 0.155. The molecule has 1 aromatic rings. The summed E-state index contributed by atoms with van der Waals surface area (Å²) in [6, 6.07) is 8.58. The highest BCUT2D eigenvalue weighted by Crippen LogP contribution is 2.28. The normalized spacial score (nSPS) is 18.1. The third-order valence-corrected chi connectivity index (χ3v) is 2.90. The van der Waals surface area contributed by atoms with E-state index < -0.39 is 0 Å². The molecule has 0 atom stereocenters. The molecule has 1 saturated carbocycles. The Kier molecular flexibility index (Phi) is 3.30. The zero-order valence-corrected chi connectivity index (χ0v) is 8.89. The summed E-state index contributed by atoms with van der Waals surface area (Å²) in [5.74, 6) is 0.709. The molecular weight excluding hydrogens is 196 g/mol. The monoisotopic (exact) mass is 209 g/mol. The Morgan fingerprint density at radius 1 is 1.29 bits per heavy atom. The first-order valence-electron chi connectivity index (χ1n) is 5.19. The van der Waals surface area contributed by atoms with E-state index in [-0.39, 0.29) is 0 Å². The molecule has 0 saturated heterocycles. The van der Waals surface area contributed by atoms with E-state index >= 15 is 0 Å². The van der Waals surface area contributed by atoms with Crippen molar-refractivity contribution >= 4 is 11.6 Å². The maximum Gasteiger partial charge on any atom is 0.146 e. The van der Waals surface area contributed by atoms with Crippen LogP contribution in [0.25, 0.3) is 0 Å². The Morgan fingerprint density at radius 2 is 2.07 bits per heavy atom. The lowest BCUT2D eigenvalue weighted by atomic mass is 9.98. The van der Waals surface area contributed by atoms with Crippen molar-refractivity contribution in [1.82, 2.24) is 0 Å². The van der Waals surface area contributed by atoms with Crippen LogP contribution in [0, 0.1) is 6.07 Å². The molecule has 1 nitrogen and oxygen atoms in total. The molecule has 0 aliphatic heterocycles. The lowest BCUT2D eigenvalue weighted by Gasteiger charge is -2.23. The van der Waals surface area contributed by atoms with Gasteiger partial charge in [0.25, 0.3) is 0 Å². The van der Waals surface area contributed by atoms with Crippen LogP contribution < -0.4 is 4.74 Å². The minimum atomic E-state index is 0.347. The summed E-state index contributed by atoms with van der Waals surface area (Å²) in [5, 5.41) is 0.665. The predicted molar refractivity (Wildman–Crippen MR) is 57.8 cm³/mol. The molecule has 2 rings (SSSR count). The molecule has 14 heavy (non-hydrogen) atoms. The molecule has 1 radical (unpaired) electrons. The number of para-hydroxylation sites is 1. The number of hydrogen-bond acceptors (Lipinski definition) is 1. The Bertz CT molecular complexity index is 292. The van der Waals surface area contributed by atoms with Gasteiger partial charge in [0, 0.05) is 6.07 Å². The van der Waals surface area contributed by atoms with Crippen LogP contribution in [0.5, 0.6) is 5.75 Å². The van der Waals surface area contributed by atoms with Crippen LogP contribution in [0.1, 0.15) is 32.1 Å². The average Bonchev–Trinajstić information content (AvgIpc) is 2.23. The number of hydrogen-bond donors (Lipinski definition) is 0. The van der Waals surface area contributed by atoms with Crippen LogP contribution in [-0.4, -0.2) is 6.10 Å². The molecule has 0 bridgehead atoms. The second-order valence-corrected chi connectivity index (χ2v) is 4.13. The summed E-state index contributed by atoms with van der Waals surface area (Å²) in [6.07, 6.45) is 6.54. The summed E-state index contributed by atoms with van der Waals surface area (Å²) < 4.78 is 5.80. The Balaban J connectivity index is 1.99. The first-order chi connectivity index (χ1) is 6.86. The van der Waals surface area contributed by atoms with Crippen molar-refractivity contribution in [2.45, 2.75) is 38.2 Å². The van der Waals surface area contributed by atoms with E-state index in [1.165, 1.54) is 19.3 Å². The van der Waals surface area contributed by atoms with Crippen molar-refractivity contribution in [1.29, 1.82) is 0 Å². The van der Waals surface area contributed by atoms with Gasteiger partial charge in [-0.25, -0.2) is 0 Å². The van der Waals surface area contributed by atoms with Gasteiger partial charge in [0.2, 0.25) is 0 Å². The molecule has 2 heteroatoms. The minimum absolute atomic E-state index is 0.347. The predicted octanol–water partition coefficient (Wildman–Crippen LogP) is 3.85. The van der Waals surface area contributed by atoms with E-state index in [0.29, 0.717) is 16.9 Å². The largest absolute Gasteiger partial charge is 0.488 e.